The van der Waals surface area contributed by atoms with Crippen molar-refractivity contribution in [1.29, 1.82) is 0 Å². The van der Waals surface area contributed by atoms with Gasteiger partial charge in [0, 0.05) is 15.6 Å². The number of anilines is 1. The zero-order valence-electron chi connectivity index (χ0n) is 17.2. The summed E-state index contributed by atoms with van der Waals surface area (Å²) < 4.78 is 10.7. The average Bonchev–Trinajstić information content (AvgIpc) is 3.10. The van der Waals surface area contributed by atoms with Gasteiger partial charge in [0.05, 0.1) is 30.6 Å². The maximum atomic E-state index is 13.5. The van der Waals surface area contributed by atoms with E-state index >= 15 is 0 Å². The number of carbonyl (C=O) groups is 1. The van der Waals surface area contributed by atoms with Crippen molar-refractivity contribution in [3.05, 3.63) is 98.5 Å². The molecular weight excluding hydrogens is 469 g/mol. The van der Waals surface area contributed by atoms with E-state index in [1.165, 1.54) is 0 Å². The molecule has 32 heavy (non-hydrogen) atoms. The molecule has 1 amide bonds. The number of benzene rings is 3. The average molecular weight is 487 g/mol. The fraction of sp³-hybridized carbons (Fsp3) is 0.0800. The third-order valence-corrected chi connectivity index (χ3v) is 5.79. The van der Waals surface area contributed by atoms with Crippen LogP contribution in [0, 0.1) is 0 Å². The molecule has 0 aromatic heterocycles. The minimum atomic E-state index is -0.214. The van der Waals surface area contributed by atoms with Gasteiger partial charge >= 0.3 is 0 Å². The molecule has 1 aliphatic heterocycles. The van der Waals surface area contributed by atoms with E-state index in [9.17, 15) is 4.79 Å². The van der Waals surface area contributed by atoms with Crippen LogP contribution in [-0.4, -0.2) is 20.1 Å². The van der Waals surface area contributed by atoms with Gasteiger partial charge in [-0.15, -0.1) is 0 Å². The predicted molar refractivity (Wildman–Crippen MR) is 131 cm³/mol. The fourth-order valence-corrected chi connectivity index (χ4v) is 4.09. The first kappa shape index (κ1) is 22.3. The second-order valence-electron chi connectivity index (χ2n) is 6.99. The van der Waals surface area contributed by atoms with Crippen LogP contribution in [0.4, 0.5) is 5.69 Å². The lowest BCUT2D eigenvalue weighted by Crippen LogP contribution is -2.25. The number of halogens is 3. The van der Waals surface area contributed by atoms with Crippen LogP contribution >= 0.6 is 34.8 Å². The molecule has 162 valence electrons. The minimum absolute atomic E-state index is 0.214. The summed E-state index contributed by atoms with van der Waals surface area (Å²) in [5, 5.41) is 1.47. The van der Waals surface area contributed by atoms with Crippen molar-refractivity contribution >= 4 is 58.2 Å². The van der Waals surface area contributed by atoms with E-state index in [4.69, 9.17) is 44.3 Å². The van der Waals surface area contributed by atoms with Crippen LogP contribution in [-0.2, 0) is 4.79 Å². The Kier molecular flexibility index (Phi) is 6.47. The molecule has 0 radical (unpaired) electrons. The number of amides is 1. The van der Waals surface area contributed by atoms with E-state index < -0.39 is 0 Å². The summed E-state index contributed by atoms with van der Waals surface area (Å²) in [5.41, 5.74) is 3.33. The second-order valence-corrected chi connectivity index (χ2v) is 8.27. The Balaban J connectivity index is 1.83. The monoisotopic (exact) mass is 485 g/mol. The van der Waals surface area contributed by atoms with Crippen molar-refractivity contribution in [1.82, 2.24) is 0 Å². The highest BCUT2D eigenvalue weighted by molar-refractivity contribution is 6.38. The lowest BCUT2D eigenvalue weighted by atomic mass is 10.1. The van der Waals surface area contributed by atoms with Crippen LogP contribution in [0.1, 0.15) is 11.1 Å². The lowest BCUT2D eigenvalue weighted by molar-refractivity contribution is -0.113. The van der Waals surface area contributed by atoms with Gasteiger partial charge in [0.1, 0.15) is 0 Å². The zero-order valence-corrected chi connectivity index (χ0v) is 19.5. The lowest BCUT2D eigenvalue weighted by Gasteiger charge is -2.22. The highest BCUT2D eigenvalue weighted by atomic mass is 35.5. The Morgan fingerprint density at radius 2 is 1.50 bits per heavy atom. The van der Waals surface area contributed by atoms with Crippen LogP contribution in [0.3, 0.4) is 0 Å². The Hall–Kier alpha value is -2.92. The number of nitrogens with zero attached hydrogens (tertiary/aromatic N) is 1. The Bertz CT molecular complexity index is 1250. The number of hydrogen-bond acceptors (Lipinski definition) is 3. The fourth-order valence-electron chi connectivity index (χ4n) is 3.47. The van der Waals surface area contributed by atoms with Crippen molar-refractivity contribution in [2.24, 2.45) is 0 Å². The smallest absolute Gasteiger partial charge is 0.262 e. The van der Waals surface area contributed by atoms with Crippen molar-refractivity contribution in [2.45, 2.75) is 0 Å². The molecule has 3 aromatic carbocycles. The Morgan fingerprint density at radius 3 is 2.16 bits per heavy atom. The summed E-state index contributed by atoms with van der Waals surface area (Å²) in [7, 11) is 3.14. The van der Waals surface area contributed by atoms with Crippen molar-refractivity contribution in [3.8, 4) is 11.5 Å². The molecule has 7 heteroatoms. The van der Waals surface area contributed by atoms with E-state index in [1.807, 2.05) is 30.3 Å². The van der Waals surface area contributed by atoms with Crippen molar-refractivity contribution in [3.63, 3.8) is 0 Å². The maximum absolute atomic E-state index is 13.5. The molecule has 0 unspecified atom stereocenters. The molecule has 0 saturated heterocycles. The van der Waals surface area contributed by atoms with E-state index in [0.717, 1.165) is 11.1 Å². The highest BCUT2D eigenvalue weighted by Gasteiger charge is 2.31. The molecule has 3 aromatic rings. The number of carbonyl (C=O) groups excluding carboxylic acids is 1. The molecule has 0 spiro atoms. The van der Waals surface area contributed by atoms with Gasteiger partial charge in [-0.05, 0) is 65.7 Å². The molecule has 0 aliphatic carbocycles. The number of methoxy groups -OCH3 is 2. The third kappa shape index (κ3) is 4.35. The highest BCUT2D eigenvalue weighted by Crippen LogP contribution is 2.40. The first-order chi connectivity index (χ1) is 15.4. The molecule has 0 atom stereocenters. The third-order valence-electron chi connectivity index (χ3n) is 5.00. The second kappa shape index (κ2) is 9.29. The van der Waals surface area contributed by atoms with Gasteiger partial charge in [-0.1, -0.05) is 53.0 Å². The molecule has 4 rings (SSSR count). The molecule has 1 aliphatic rings. The Morgan fingerprint density at radius 1 is 0.812 bits per heavy atom. The number of ether oxygens (including phenoxy) is 2. The molecule has 0 N–H and O–H groups in total. The molecular formula is C25H18Cl3NO3. The van der Waals surface area contributed by atoms with Crippen molar-refractivity contribution in [2.75, 3.05) is 19.1 Å². The van der Waals surface area contributed by atoms with Crippen LogP contribution in [0.5, 0.6) is 11.5 Å². The van der Waals surface area contributed by atoms with E-state index in [1.54, 1.807) is 61.6 Å². The van der Waals surface area contributed by atoms with Gasteiger partial charge in [0.15, 0.2) is 11.5 Å². The molecule has 1 heterocycles. The van der Waals surface area contributed by atoms with E-state index in [2.05, 4.69) is 0 Å². The Labute approximate surface area is 201 Å². The van der Waals surface area contributed by atoms with Gasteiger partial charge in [-0.3, -0.25) is 9.69 Å². The van der Waals surface area contributed by atoms with Gasteiger partial charge in [0.2, 0.25) is 0 Å². The van der Waals surface area contributed by atoms with Crippen LogP contribution in [0.15, 0.2) is 72.3 Å². The topological polar surface area (TPSA) is 38.8 Å². The molecule has 0 fully saturated rings. The summed E-state index contributed by atoms with van der Waals surface area (Å²) in [6.07, 6.45) is 3.62. The van der Waals surface area contributed by atoms with Crippen molar-refractivity contribution < 1.29 is 14.3 Å². The van der Waals surface area contributed by atoms with Gasteiger partial charge in [-0.25, -0.2) is 0 Å². The maximum Gasteiger partial charge on any atom is 0.262 e. The molecule has 0 bridgehead atoms. The van der Waals surface area contributed by atoms with Gasteiger partial charge < -0.3 is 9.47 Å². The summed E-state index contributed by atoms with van der Waals surface area (Å²) in [6.45, 7) is 0. The van der Waals surface area contributed by atoms with E-state index in [0.29, 0.717) is 43.5 Å². The normalized spacial score (nSPS) is 14.7. The molecule has 0 saturated carbocycles. The summed E-state index contributed by atoms with van der Waals surface area (Å²) in [4.78, 5) is 15.1. The first-order valence-corrected chi connectivity index (χ1v) is 10.8. The van der Waals surface area contributed by atoms with Crippen LogP contribution in [0.2, 0.25) is 15.1 Å². The van der Waals surface area contributed by atoms with Gasteiger partial charge in [-0.2, -0.15) is 0 Å². The molecule has 4 nitrogen and oxygen atoms in total. The largest absolute Gasteiger partial charge is 0.493 e. The summed E-state index contributed by atoms with van der Waals surface area (Å²) in [5.74, 6) is 0.972. The minimum Gasteiger partial charge on any atom is -0.493 e. The van der Waals surface area contributed by atoms with Gasteiger partial charge in [0.25, 0.3) is 5.91 Å². The van der Waals surface area contributed by atoms with Crippen LogP contribution < -0.4 is 14.4 Å². The first-order valence-electron chi connectivity index (χ1n) is 9.62. The quantitative estimate of drug-likeness (QED) is 0.360. The van der Waals surface area contributed by atoms with Crippen LogP contribution in [0.25, 0.3) is 11.8 Å². The summed E-state index contributed by atoms with van der Waals surface area (Å²) in [6, 6.07) is 17.8. The summed E-state index contributed by atoms with van der Waals surface area (Å²) >= 11 is 18.6. The SMILES string of the molecule is COc1ccc(/C=C2\C=C(c3ccc(Cl)cc3)N(c3ccc(Cl)cc3Cl)C2=O)cc1OC. The predicted octanol–water partition coefficient (Wildman–Crippen LogP) is 7.14. The van der Waals surface area contributed by atoms with E-state index in [-0.39, 0.29) is 5.91 Å². The zero-order chi connectivity index (χ0) is 22.8. The standard InChI is InChI=1S/C25H18Cl3NO3/c1-31-23-10-3-15(12-24(23)32-2)11-17-13-22(16-4-6-18(26)7-5-16)29(25(17)30)21-9-8-19(27)14-20(21)28/h3-14H,1-2H3/b17-11+. The number of rotatable bonds is 5. The number of hydrogen-bond donors (Lipinski definition) is 0.